The number of carboxylic acids is 1. The number of hydrogen-bond acceptors (Lipinski definition) is 3. The molecule has 6 heteroatoms. The van der Waals surface area contributed by atoms with Crippen LogP contribution in [0.1, 0.15) is 20.3 Å². The molecule has 0 aliphatic carbocycles. The van der Waals surface area contributed by atoms with Gasteiger partial charge in [0.15, 0.2) is 0 Å². The second-order valence-electron chi connectivity index (χ2n) is 4.82. The molecule has 0 heterocycles. The minimum atomic E-state index is -1.05. The van der Waals surface area contributed by atoms with Gasteiger partial charge in [0.25, 0.3) is 0 Å². The highest BCUT2D eigenvalue weighted by Gasteiger charge is 2.21. The van der Waals surface area contributed by atoms with E-state index in [1.807, 2.05) is 13.8 Å². The van der Waals surface area contributed by atoms with Crippen molar-refractivity contribution in [1.82, 2.24) is 5.32 Å². The van der Waals surface area contributed by atoms with E-state index >= 15 is 0 Å². The Morgan fingerprint density at radius 3 is 2.50 bits per heavy atom. The highest BCUT2D eigenvalue weighted by atomic mass is 16.5. The number of urea groups is 1. The first-order valence-corrected chi connectivity index (χ1v) is 6.37. The zero-order valence-corrected chi connectivity index (χ0v) is 11.8. The van der Waals surface area contributed by atoms with E-state index in [0.29, 0.717) is 17.9 Å². The Bertz CT molecular complexity index is 474. The number of aliphatic carboxylic acids is 1. The lowest BCUT2D eigenvalue weighted by molar-refractivity contribution is -0.139. The van der Waals surface area contributed by atoms with Gasteiger partial charge < -0.3 is 20.5 Å². The fourth-order valence-electron chi connectivity index (χ4n) is 1.76. The number of carbonyl (C=O) groups is 2. The van der Waals surface area contributed by atoms with Crippen LogP contribution in [0.15, 0.2) is 24.3 Å². The molecule has 0 saturated carbocycles. The second-order valence-corrected chi connectivity index (χ2v) is 4.82. The molecule has 1 rings (SSSR count). The SMILES string of the molecule is COc1ccccc1NC(=O)N[C@H](CC(C)C)C(=O)O. The Morgan fingerprint density at radius 1 is 1.30 bits per heavy atom. The lowest BCUT2D eigenvalue weighted by atomic mass is 10.0. The van der Waals surface area contributed by atoms with Crippen molar-refractivity contribution < 1.29 is 19.4 Å². The summed E-state index contributed by atoms with van der Waals surface area (Å²) in [7, 11) is 1.50. The van der Waals surface area contributed by atoms with Gasteiger partial charge in [-0.15, -0.1) is 0 Å². The number of benzene rings is 1. The molecule has 2 amide bonds. The molecule has 1 aromatic carbocycles. The van der Waals surface area contributed by atoms with Gasteiger partial charge in [-0.1, -0.05) is 26.0 Å². The minimum absolute atomic E-state index is 0.169. The van der Waals surface area contributed by atoms with Gasteiger partial charge in [-0.25, -0.2) is 9.59 Å². The van der Waals surface area contributed by atoms with Gasteiger partial charge >= 0.3 is 12.0 Å². The Morgan fingerprint density at radius 2 is 1.95 bits per heavy atom. The molecule has 0 aliphatic rings. The van der Waals surface area contributed by atoms with Crippen LogP contribution in [0.25, 0.3) is 0 Å². The number of rotatable bonds is 6. The monoisotopic (exact) mass is 280 g/mol. The second kappa shape index (κ2) is 7.37. The molecule has 0 radical (unpaired) electrons. The Hall–Kier alpha value is -2.24. The third-order valence-electron chi connectivity index (χ3n) is 2.67. The maximum Gasteiger partial charge on any atom is 0.326 e. The zero-order valence-electron chi connectivity index (χ0n) is 11.8. The quantitative estimate of drug-likeness (QED) is 0.746. The molecule has 0 aromatic heterocycles. The standard InChI is InChI=1S/C14H20N2O4/c1-9(2)8-11(13(17)18)16-14(19)15-10-6-4-5-7-12(10)20-3/h4-7,9,11H,8H2,1-3H3,(H,17,18)(H2,15,16,19)/t11-/m1/s1. The number of ether oxygens (including phenoxy) is 1. The van der Waals surface area contributed by atoms with E-state index in [-0.39, 0.29) is 5.92 Å². The van der Waals surface area contributed by atoms with E-state index in [0.717, 1.165) is 0 Å². The molecule has 6 nitrogen and oxygen atoms in total. The zero-order chi connectivity index (χ0) is 15.1. The number of hydrogen-bond donors (Lipinski definition) is 3. The molecule has 0 saturated heterocycles. The molecule has 3 N–H and O–H groups in total. The van der Waals surface area contributed by atoms with Crippen LogP contribution >= 0.6 is 0 Å². The van der Waals surface area contributed by atoms with Crippen molar-refractivity contribution in [2.24, 2.45) is 5.92 Å². The number of amides is 2. The number of methoxy groups -OCH3 is 1. The van der Waals surface area contributed by atoms with Crippen molar-refractivity contribution in [3.05, 3.63) is 24.3 Å². The summed E-state index contributed by atoms with van der Waals surface area (Å²) in [6.07, 6.45) is 0.370. The number of para-hydroxylation sites is 2. The number of carbonyl (C=O) groups excluding carboxylic acids is 1. The maximum absolute atomic E-state index is 11.8. The van der Waals surface area contributed by atoms with Crippen molar-refractivity contribution in [1.29, 1.82) is 0 Å². The van der Waals surface area contributed by atoms with E-state index in [9.17, 15) is 9.59 Å². The van der Waals surface area contributed by atoms with Gasteiger partial charge in [-0.3, -0.25) is 0 Å². The van der Waals surface area contributed by atoms with Gasteiger partial charge in [0, 0.05) is 0 Å². The molecule has 110 valence electrons. The van der Waals surface area contributed by atoms with E-state index in [4.69, 9.17) is 9.84 Å². The molecule has 0 bridgehead atoms. The molecule has 1 atom stereocenters. The molecular formula is C14H20N2O4. The topological polar surface area (TPSA) is 87.7 Å². The lowest BCUT2D eigenvalue weighted by Crippen LogP contribution is -2.43. The molecule has 20 heavy (non-hydrogen) atoms. The predicted octanol–water partition coefficient (Wildman–Crippen LogP) is 2.32. The summed E-state index contributed by atoms with van der Waals surface area (Å²) in [4.78, 5) is 22.9. The highest BCUT2D eigenvalue weighted by molar-refractivity contribution is 5.93. The summed E-state index contributed by atoms with van der Waals surface area (Å²) >= 11 is 0. The Labute approximate surface area is 118 Å². The summed E-state index contributed by atoms with van der Waals surface area (Å²) in [5, 5.41) is 14.1. The molecule has 1 aromatic rings. The van der Waals surface area contributed by atoms with Crippen LogP contribution in [-0.2, 0) is 4.79 Å². The summed E-state index contributed by atoms with van der Waals surface area (Å²) in [6, 6.07) is 5.43. The minimum Gasteiger partial charge on any atom is -0.495 e. The van der Waals surface area contributed by atoms with Gasteiger partial charge in [-0.2, -0.15) is 0 Å². The van der Waals surface area contributed by atoms with E-state index in [1.165, 1.54) is 7.11 Å². The molecule has 0 fully saturated rings. The maximum atomic E-state index is 11.8. The lowest BCUT2D eigenvalue weighted by Gasteiger charge is -2.17. The number of anilines is 1. The predicted molar refractivity (Wildman–Crippen MR) is 76.0 cm³/mol. The van der Waals surface area contributed by atoms with Crippen LogP contribution < -0.4 is 15.4 Å². The van der Waals surface area contributed by atoms with Crippen molar-refractivity contribution in [2.45, 2.75) is 26.3 Å². The highest BCUT2D eigenvalue weighted by Crippen LogP contribution is 2.22. The van der Waals surface area contributed by atoms with Gasteiger partial charge in [0.05, 0.1) is 12.8 Å². The summed E-state index contributed by atoms with van der Waals surface area (Å²) in [5.41, 5.74) is 0.487. The van der Waals surface area contributed by atoms with Gasteiger partial charge in [-0.05, 0) is 24.5 Å². The third kappa shape index (κ3) is 4.79. The normalized spacial score (nSPS) is 11.8. The van der Waals surface area contributed by atoms with E-state index < -0.39 is 18.0 Å². The third-order valence-corrected chi connectivity index (χ3v) is 2.67. The number of nitrogens with one attached hydrogen (secondary N) is 2. The fourth-order valence-corrected chi connectivity index (χ4v) is 1.76. The fraction of sp³-hybridized carbons (Fsp3) is 0.429. The van der Waals surface area contributed by atoms with E-state index in [1.54, 1.807) is 24.3 Å². The van der Waals surface area contributed by atoms with Gasteiger partial charge in [0.1, 0.15) is 11.8 Å². The first-order valence-electron chi connectivity index (χ1n) is 6.37. The van der Waals surface area contributed by atoms with Crippen molar-refractivity contribution in [3.8, 4) is 5.75 Å². The van der Waals surface area contributed by atoms with Crippen LogP contribution in [0.5, 0.6) is 5.75 Å². The Kier molecular flexibility index (Phi) is 5.83. The Balaban J connectivity index is 2.68. The van der Waals surface area contributed by atoms with Crippen molar-refractivity contribution >= 4 is 17.7 Å². The molecular weight excluding hydrogens is 260 g/mol. The van der Waals surface area contributed by atoms with Crippen LogP contribution in [0.4, 0.5) is 10.5 Å². The summed E-state index contributed by atoms with van der Waals surface area (Å²) in [6.45, 7) is 3.80. The smallest absolute Gasteiger partial charge is 0.326 e. The first kappa shape index (κ1) is 15.8. The average molecular weight is 280 g/mol. The van der Waals surface area contributed by atoms with Crippen LogP contribution in [0.2, 0.25) is 0 Å². The van der Waals surface area contributed by atoms with Crippen molar-refractivity contribution in [3.63, 3.8) is 0 Å². The van der Waals surface area contributed by atoms with E-state index in [2.05, 4.69) is 10.6 Å². The number of carboxylic acid groups (broad SMARTS) is 1. The summed E-state index contributed by atoms with van der Waals surface area (Å²) < 4.78 is 5.10. The summed E-state index contributed by atoms with van der Waals surface area (Å²) in [5.74, 6) is -0.366. The van der Waals surface area contributed by atoms with Crippen molar-refractivity contribution in [2.75, 3.05) is 12.4 Å². The molecule has 0 spiro atoms. The molecule has 0 aliphatic heterocycles. The average Bonchev–Trinajstić information content (AvgIpc) is 2.37. The largest absolute Gasteiger partial charge is 0.495 e. The molecule has 0 unspecified atom stereocenters. The van der Waals surface area contributed by atoms with Crippen LogP contribution in [0, 0.1) is 5.92 Å². The van der Waals surface area contributed by atoms with Gasteiger partial charge in [0.2, 0.25) is 0 Å². The van der Waals surface area contributed by atoms with Crippen LogP contribution in [-0.4, -0.2) is 30.3 Å². The first-order chi connectivity index (χ1) is 9.43. The van der Waals surface area contributed by atoms with Crippen LogP contribution in [0.3, 0.4) is 0 Å².